The SMILES string of the molecule is CC(CNC(=O)c1csc(CCN)n1)N1CCc2ccccc2C1.Cl.Cl. The fourth-order valence-electron chi connectivity index (χ4n) is 3.01. The van der Waals surface area contributed by atoms with Crippen LogP contribution in [0.25, 0.3) is 0 Å². The first-order chi connectivity index (χ1) is 11.7. The molecule has 3 N–H and O–H groups in total. The summed E-state index contributed by atoms with van der Waals surface area (Å²) in [6.07, 6.45) is 1.80. The van der Waals surface area contributed by atoms with E-state index in [0.717, 1.165) is 30.9 Å². The number of nitrogens with zero attached hydrogens (tertiary/aromatic N) is 2. The average molecular weight is 417 g/mol. The van der Waals surface area contributed by atoms with Crippen LogP contribution in [0.3, 0.4) is 0 Å². The second-order valence-corrected chi connectivity index (χ2v) is 7.16. The second kappa shape index (κ2) is 10.8. The van der Waals surface area contributed by atoms with Gasteiger partial charge in [-0.2, -0.15) is 0 Å². The lowest BCUT2D eigenvalue weighted by Gasteiger charge is -2.33. The van der Waals surface area contributed by atoms with Crippen molar-refractivity contribution < 1.29 is 4.79 Å². The molecule has 1 aromatic carbocycles. The van der Waals surface area contributed by atoms with Crippen molar-refractivity contribution in [3.05, 3.63) is 51.5 Å². The summed E-state index contributed by atoms with van der Waals surface area (Å²) in [6.45, 7) is 5.33. The summed E-state index contributed by atoms with van der Waals surface area (Å²) in [6, 6.07) is 8.90. The monoisotopic (exact) mass is 416 g/mol. The van der Waals surface area contributed by atoms with Gasteiger partial charge in [-0.3, -0.25) is 9.69 Å². The highest BCUT2D eigenvalue weighted by atomic mass is 35.5. The molecule has 0 spiro atoms. The third-order valence-corrected chi connectivity index (χ3v) is 5.39. The second-order valence-electron chi connectivity index (χ2n) is 6.21. The van der Waals surface area contributed by atoms with Crippen LogP contribution in [0.4, 0.5) is 0 Å². The molecule has 2 aromatic rings. The standard InChI is InChI=1S/C18H24N4OS.2ClH/c1-13(22-9-7-14-4-2-3-5-15(14)11-22)10-20-18(23)16-12-24-17(21-16)6-8-19;;/h2-5,12-13H,6-11,19H2,1H3,(H,20,23);2*1H. The van der Waals surface area contributed by atoms with Crippen LogP contribution in [0.1, 0.15) is 33.5 Å². The maximum Gasteiger partial charge on any atom is 0.270 e. The zero-order valence-corrected chi connectivity index (χ0v) is 17.3. The summed E-state index contributed by atoms with van der Waals surface area (Å²) in [7, 11) is 0. The fraction of sp³-hybridized carbons (Fsp3) is 0.444. The quantitative estimate of drug-likeness (QED) is 0.758. The lowest BCUT2D eigenvalue weighted by molar-refractivity contribution is 0.0928. The van der Waals surface area contributed by atoms with Crippen molar-refractivity contribution in [1.29, 1.82) is 0 Å². The highest BCUT2D eigenvalue weighted by Gasteiger charge is 2.21. The van der Waals surface area contributed by atoms with E-state index in [9.17, 15) is 4.79 Å². The van der Waals surface area contributed by atoms with Crippen molar-refractivity contribution in [1.82, 2.24) is 15.2 Å². The van der Waals surface area contributed by atoms with E-state index in [2.05, 4.69) is 46.4 Å². The molecule has 0 bridgehead atoms. The lowest BCUT2D eigenvalue weighted by atomic mass is 9.99. The molecule has 1 aromatic heterocycles. The van der Waals surface area contributed by atoms with Crippen LogP contribution in [0.15, 0.2) is 29.6 Å². The number of rotatable bonds is 6. The molecular formula is C18H26Cl2N4OS. The van der Waals surface area contributed by atoms with Gasteiger partial charge in [-0.1, -0.05) is 24.3 Å². The molecule has 26 heavy (non-hydrogen) atoms. The number of nitrogens with two attached hydrogens (primary N) is 1. The van der Waals surface area contributed by atoms with E-state index >= 15 is 0 Å². The van der Waals surface area contributed by atoms with Gasteiger partial charge >= 0.3 is 0 Å². The molecule has 1 unspecified atom stereocenters. The Kier molecular flexibility index (Phi) is 9.54. The first-order valence-corrected chi connectivity index (χ1v) is 9.29. The molecule has 2 heterocycles. The Morgan fingerprint density at radius 1 is 1.35 bits per heavy atom. The first kappa shape index (κ1) is 22.9. The predicted octanol–water partition coefficient (Wildman–Crippen LogP) is 2.66. The number of halogens is 2. The minimum Gasteiger partial charge on any atom is -0.349 e. The minimum atomic E-state index is -0.0984. The highest BCUT2D eigenvalue weighted by Crippen LogP contribution is 2.20. The van der Waals surface area contributed by atoms with Crippen LogP contribution in [0.5, 0.6) is 0 Å². The van der Waals surface area contributed by atoms with Gasteiger partial charge in [0.1, 0.15) is 5.69 Å². The van der Waals surface area contributed by atoms with Crippen LogP contribution in [-0.4, -0.2) is 41.5 Å². The maximum atomic E-state index is 12.2. The number of hydrogen-bond acceptors (Lipinski definition) is 5. The van der Waals surface area contributed by atoms with Crippen LogP contribution < -0.4 is 11.1 Å². The van der Waals surface area contributed by atoms with Crippen molar-refractivity contribution >= 4 is 42.1 Å². The number of benzene rings is 1. The summed E-state index contributed by atoms with van der Waals surface area (Å²) in [5.74, 6) is -0.0984. The average Bonchev–Trinajstić information content (AvgIpc) is 3.08. The zero-order valence-electron chi connectivity index (χ0n) is 14.8. The Bertz CT molecular complexity index is 710. The third kappa shape index (κ3) is 5.66. The van der Waals surface area contributed by atoms with Gasteiger partial charge in [0.25, 0.3) is 5.91 Å². The molecule has 1 aliphatic rings. The Hall–Kier alpha value is -1.18. The van der Waals surface area contributed by atoms with Crippen molar-refractivity contribution in [3.63, 3.8) is 0 Å². The Balaban J connectivity index is 0.00000169. The molecule has 0 radical (unpaired) electrons. The molecular weight excluding hydrogens is 391 g/mol. The summed E-state index contributed by atoms with van der Waals surface area (Å²) in [5.41, 5.74) is 8.86. The largest absolute Gasteiger partial charge is 0.349 e. The first-order valence-electron chi connectivity index (χ1n) is 8.41. The molecule has 1 amide bonds. The third-order valence-electron chi connectivity index (χ3n) is 4.48. The van der Waals surface area contributed by atoms with E-state index in [1.54, 1.807) is 0 Å². The molecule has 0 fully saturated rings. The topological polar surface area (TPSA) is 71.2 Å². The van der Waals surface area contributed by atoms with Gasteiger partial charge in [-0.15, -0.1) is 36.2 Å². The van der Waals surface area contributed by atoms with E-state index in [4.69, 9.17) is 5.73 Å². The van der Waals surface area contributed by atoms with E-state index in [1.807, 2.05) is 5.38 Å². The minimum absolute atomic E-state index is 0. The summed E-state index contributed by atoms with van der Waals surface area (Å²) >= 11 is 1.49. The van der Waals surface area contributed by atoms with Gasteiger partial charge in [-0.25, -0.2) is 4.98 Å². The van der Waals surface area contributed by atoms with E-state index < -0.39 is 0 Å². The van der Waals surface area contributed by atoms with Crippen molar-refractivity contribution in [2.24, 2.45) is 5.73 Å². The van der Waals surface area contributed by atoms with Gasteiger partial charge < -0.3 is 11.1 Å². The van der Waals surface area contributed by atoms with Gasteiger partial charge in [0.15, 0.2) is 0 Å². The van der Waals surface area contributed by atoms with Gasteiger partial charge in [0, 0.05) is 37.5 Å². The number of nitrogens with one attached hydrogen (secondary N) is 1. The van der Waals surface area contributed by atoms with Gasteiger partial charge in [0.05, 0.1) is 5.01 Å². The molecule has 0 aliphatic carbocycles. The van der Waals surface area contributed by atoms with E-state index in [1.165, 1.54) is 22.5 Å². The molecule has 0 saturated carbocycles. The van der Waals surface area contributed by atoms with Gasteiger partial charge in [-0.05, 0) is 31.0 Å². The van der Waals surface area contributed by atoms with Crippen LogP contribution in [0.2, 0.25) is 0 Å². The number of thiazole rings is 1. The molecule has 8 heteroatoms. The molecule has 1 atom stereocenters. The number of carbonyl (C=O) groups excluding carboxylic acids is 1. The van der Waals surface area contributed by atoms with Crippen LogP contribution >= 0.6 is 36.2 Å². The molecule has 1 aliphatic heterocycles. The summed E-state index contributed by atoms with van der Waals surface area (Å²) in [5, 5.41) is 5.74. The Labute approximate surface area is 171 Å². The smallest absolute Gasteiger partial charge is 0.270 e. The van der Waals surface area contributed by atoms with Gasteiger partial charge in [0.2, 0.25) is 0 Å². The number of amides is 1. The predicted molar refractivity (Wildman–Crippen MR) is 112 cm³/mol. The highest BCUT2D eigenvalue weighted by molar-refractivity contribution is 7.09. The fourth-order valence-corrected chi connectivity index (χ4v) is 3.80. The van der Waals surface area contributed by atoms with Crippen LogP contribution in [0, 0.1) is 0 Å². The Morgan fingerprint density at radius 2 is 2.08 bits per heavy atom. The molecule has 144 valence electrons. The normalized spacial score (nSPS) is 14.5. The Morgan fingerprint density at radius 3 is 2.81 bits per heavy atom. The molecule has 3 rings (SSSR count). The zero-order chi connectivity index (χ0) is 16.9. The number of hydrogen-bond donors (Lipinski definition) is 2. The number of fused-ring (bicyclic) bond motifs is 1. The van der Waals surface area contributed by atoms with E-state index in [0.29, 0.717) is 24.8 Å². The lowest BCUT2D eigenvalue weighted by Crippen LogP contribution is -2.44. The van der Waals surface area contributed by atoms with E-state index in [-0.39, 0.29) is 30.7 Å². The number of carbonyl (C=O) groups is 1. The molecule has 5 nitrogen and oxygen atoms in total. The summed E-state index contributed by atoms with van der Waals surface area (Å²) in [4.78, 5) is 19.0. The maximum absolute atomic E-state index is 12.2. The van der Waals surface area contributed by atoms with Crippen molar-refractivity contribution in [2.75, 3.05) is 19.6 Å². The van der Waals surface area contributed by atoms with Crippen molar-refractivity contribution in [2.45, 2.75) is 32.4 Å². The summed E-state index contributed by atoms with van der Waals surface area (Å²) < 4.78 is 0. The van der Waals surface area contributed by atoms with Crippen LogP contribution in [-0.2, 0) is 19.4 Å². The molecule has 0 saturated heterocycles. The van der Waals surface area contributed by atoms with Crippen molar-refractivity contribution in [3.8, 4) is 0 Å². The number of aromatic nitrogens is 1.